The summed E-state index contributed by atoms with van der Waals surface area (Å²) in [5.74, 6) is 0.0117. The number of halogens is 2. The highest BCUT2D eigenvalue weighted by molar-refractivity contribution is 9.10. The van der Waals surface area contributed by atoms with Crippen LogP contribution in [0.1, 0.15) is 36.0 Å². The number of amides is 1. The number of carbonyl (C=O) groups is 1. The van der Waals surface area contributed by atoms with E-state index >= 15 is 0 Å². The average molecular weight is 355 g/mol. The van der Waals surface area contributed by atoms with Crippen molar-refractivity contribution in [2.75, 3.05) is 19.6 Å². The van der Waals surface area contributed by atoms with E-state index in [1.165, 1.54) is 12.8 Å². The van der Waals surface area contributed by atoms with Crippen molar-refractivity contribution in [2.45, 2.75) is 31.7 Å². The Balaban J connectivity index is 1.63. The van der Waals surface area contributed by atoms with Gasteiger partial charge in [-0.15, -0.1) is 0 Å². The van der Waals surface area contributed by atoms with Crippen molar-refractivity contribution in [3.63, 3.8) is 0 Å². The molecule has 3 rings (SSSR count). The van der Waals surface area contributed by atoms with Crippen molar-refractivity contribution in [1.82, 2.24) is 10.2 Å². The zero-order valence-electron chi connectivity index (χ0n) is 11.9. The van der Waals surface area contributed by atoms with E-state index in [1.54, 1.807) is 23.1 Å². The van der Waals surface area contributed by atoms with Gasteiger partial charge in [-0.25, -0.2) is 4.39 Å². The highest BCUT2D eigenvalue weighted by Crippen LogP contribution is 2.27. The fraction of sp³-hybridized carbons (Fsp3) is 0.562. The molecule has 21 heavy (non-hydrogen) atoms. The van der Waals surface area contributed by atoms with Gasteiger partial charge in [0.1, 0.15) is 5.82 Å². The quantitative estimate of drug-likeness (QED) is 0.884. The van der Waals surface area contributed by atoms with E-state index < -0.39 is 5.82 Å². The minimum Gasteiger partial charge on any atom is -0.339 e. The van der Waals surface area contributed by atoms with Gasteiger partial charge >= 0.3 is 0 Å². The SMILES string of the molecule is O=C(c1cccc(Br)c1F)N1CCC(C2CCCN2)CC1. The van der Waals surface area contributed by atoms with Gasteiger partial charge in [0.25, 0.3) is 5.91 Å². The Hall–Kier alpha value is -0.940. The van der Waals surface area contributed by atoms with Gasteiger partial charge in [-0.2, -0.15) is 0 Å². The Labute approximate surface area is 133 Å². The molecule has 114 valence electrons. The minimum absolute atomic E-state index is 0.168. The molecule has 1 unspecified atom stereocenters. The summed E-state index contributed by atoms with van der Waals surface area (Å²) in [7, 11) is 0. The number of hydrogen-bond donors (Lipinski definition) is 1. The molecule has 0 bridgehead atoms. The van der Waals surface area contributed by atoms with Gasteiger partial charge < -0.3 is 10.2 Å². The summed E-state index contributed by atoms with van der Waals surface area (Å²) in [5, 5.41) is 3.55. The van der Waals surface area contributed by atoms with Crippen molar-refractivity contribution >= 4 is 21.8 Å². The first-order valence-electron chi connectivity index (χ1n) is 7.63. The number of likely N-dealkylation sites (tertiary alicyclic amines) is 1. The van der Waals surface area contributed by atoms with Crippen LogP contribution < -0.4 is 5.32 Å². The third-order valence-corrected chi connectivity index (χ3v) is 5.29. The third-order valence-electron chi connectivity index (χ3n) is 4.68. The van der Waals surface area contributed by atoms with E-state index in [-0.39, 0.29) is 11.5 Å². The number of piperidine rings is 1. The molecule has 5 heteroatoms. The second kappa shape index (κ2) is 6.44. The molecule has 0 saturated carbocycles. The van der Waals surface area contributed by atoms with E-state index in [0.717, 1.165) is 32.5 Å². The van der Waals surface area contributed by atoms with E-state index in [0.29, 0.717) is 16.4 Å². The molecule has 1 aromatic carbocycles. The fourth-order valence-corrected chi connectivity index (χ4v) is 3.82. The molecular weight excluding hydrogens is 335 g/mol. The van der Waals surface area contributed by atoms with Gasteiger partial charge in [-0.3, -0.25) is 4.79 Å². The number of rotatable bonds is 2. The number of nitrogens with one attached hydrogen (secondary N) is 1. The van der Waals surface area contributed by atoms with Crippen LogP contribution in [0.2, 0.25) is 0 Å². The molecule has 2 saturated heterocycles. The van der Waals surface area contributed by atoms with Crippen LogP contribution in [0, 0.1) is 11.7 Å². The van der Waals surface area contributed by atoms with Crippen LogP contribution in [0.25, 0.3) is 0 Å². The molecule has 1 amide bonds. The maximum Gasteiger partial charge on any atom is 0.256 e. The van der Waals surface area contributed by atoms with Crippen LogP contribution >= 0.6 is 15.9 Å². The largest absolute Gasteiger partial charge is 0.339 e. The second-order valence-electron chi connectivity index (χ2n) is 5.93. The Morgan fingerprint density at radius 3 is 2.71 bits per heavy atom. The monoisotopic (exact) mass is 354 g/mol. The van der Waals surface area contributed by atoms with Crippen LogP contribution in [0.3, 0.4) is 0 Å². The molecule has 1 N–H and O–H groups in total. The zero-order chi connectivity index (χ0) is 14.8. The molecule has 2 aliphatic rings. The standard InChI is InChI=1S/C16H20BrFN2O/c17-13-4-1-3-12(15(13)18)16(21)20-9-6-11(7-10-20)14-5-2-8-19-14/h1,3-4,11,14,19H,2,5-10H2. The fourth-order valence-electron chi connectivity index (χ4n) is 3.46. The normalized spacial score (nSPS) is 23.5. The number of nitrogens with zero attached hydrogens (tertiary/aromatic N) is 1. The van der Waals surface area contributed by atoms with Gasteiger partial charge in [0, 0.05) is 19.1 Å². The van der Waals surface area contributed by atoms with Crippen molar-refractivity contribution in [2.24, 2.45) is 5.92 Å². The lowest BCUT2D eigenvalue weighted by Crippen LogP contribution is -2.43. The lowest BCUT2D eigenvalue weighted by Gasteiger charge is -2.35. The van der Waals surface area contributed by atoms with Crippen LogP contribution in [0.5, 0.6) is 0 Å². The number of carbonyl (C=O) groups excluding carboxylic acids is 1. The summed E-state index contributed by atoms with van der Waals surface area (Å²) >= 11 is 3.14. The minimum atomic E-state index is -0.456. The smallest absolute Gasteiger partial charge is 0.256 e. The predicted molar refractivity (Wildman–Crippen MR) is 83.8 cm³/mol. The van der Waals surface area contributed by atoms with E-state index in [1.807, 2.05) is 0 Å². The van der Waals surface area contributed by atoms with E-state index in [4.69, 9.17) is 0 Å². The molecule has 2 fully saturated rings. The lowest BCUT2D eigenvalue weighted by atomic mass is 9.88. The van der Waals surface area contributed by atoms with Crippen molar-refractivity contribution in [3.8, 4) is 0 Å². The molecule has 1 aromatic rings. The first kappa shape index (κ1) is 15.0. The highest BCUT2D eigenvalue weighted by Gasteiger charge is 2.30. The van der Waals surface area contributed by atoms with E-state index in [9.17, 15) is 9.18 Å². The Kier molecular flexibility index (Phi) is 4.60. The summed E-state index contributed by atoms with van der Waals surface area (Å²) in [6, 6.07) is 5.50. The van der Waals surface area contributed by atoms with Crippen molar-refractivity contribution in [3.05, 3.63) is 34.1 Å². The lowest BCUT2D eigenvalue weighted by molar-refractivity contribution is 0.0669. The maximum absolute atomic E-state index is 14.0. The summed E-state index contributed by atoms with van der Waals surface area (Å²) in [6.07, 6.45) is 4.53. The molecular formula is C16H20BrFN2O. The first-order valence-corrected chi connectivity index (χ1v) is 8.43. The van der Waals surface area contributed by atoms with Crippen LogP contribution in [-0.4, -0.2) is 36.5 Å². The van der Waals surface area contributed by atoms with Gasteiger partial charge in [0.2, 0.25) is 0 Å². The Morgan fingerprint density at radius 2 is 2.05 bits per heavy atom. The molecule has 2 aliphatic heterocycles. The summed E-state index contributed by atoms with van der Waals surface area (Å²) in [5.41, 5.74) is 0.168. The Bertz CT molecular complexity index is 523. The van der Waals surface area contributed by atoms with Gasteiger partial charge in [-0.05, 0) is 66.2 Å². The van der Waals surface area contributed by atoms with Crippen LogP contribution in [0.4, 0.5) is 4.39 Å². The van der Waals surface area contributed by atoms with Crippen molar-refractivity contribution < 1.29 is 9.18 Å². The second-order valence-corrected chi connectivity index (χ2v) is 6.79. The van der Waals surface area contributed by atoms with E-state index in [2.05, 4.69) is 21.2 Å². The average Bonchev–Trinajstić information content (AvgIpc) is 3.04. The molecule has 0 spiro atoms. The van der Waals surface area contributed by atoms with Crippen LogP contribution in [0.15, 0.2) is 22.7 Å². The molecule has 2 heterocycles. The molecule has 3 nitrogen and oxygen atoms in total. The topological polar surface area (TPSA) is 32.3 Å². The highest BCUT2D eigenvalue weighted by atomic mass is 79.9. The molecule has 0 radical (unpaired) electrons. The third kappa shape index (κ3) is 3.14. The summed E-state index contributed by atoms with van der Waals surface area (Å²) in [6.45, 7) is 2.58. The van der Waals surface area contributed by atoms with Gasteiger partial charge in [0.05, 0.1) is 10.0 Å². The molecule has 1 atom stereocenters. The Morgan fingerprint density at radius 1 is 1.29 bits per heavy atom. The number of benzene rings is 1. The van der Waals surface area contributed by atoms with Gasteiger partial charge in [-0.1, -0.05) is 6.07 Å². The van der Waals surface area contributed by atoms with Gasteiger partial charge in [0.15, 0.2) is 0 Å². The molecule has 0 aliphatic carbocycles. The first-order chi connectivity index (χ1) is 10.2. The predicted octanol–water partition coefficient (Wildman–Crippen LogP) is 3.19. The number of hydrogen-bond acceptors (Lipinski definition) is 2. The van der Waals surface area contributed by atoms with Crippen LogP contribution in [-0.2, 0) is 0 Å². The maximum atomic E-state index is 14.0. The zero-order valence-corrected chi connectivity index (χ0v) is 13.5. The summed E-state index contributed by atoms with van der Waals surface area (Å²) in [4.78, 5) is 14.2. The summed E-state index contributed by atoms with van der Waals surface area (Å²) < 4.78 is 14.4. The molecule has 0 aromatic heterocycles. The van der Waals surface area contributed by atoms with Crippen molar-refractivity contribution in [1.29, 1.82) is 0 Å².